The van der Waals surface area contributed by atoms with Crippen molar-refractivity contribution in [3.05, 3.63) is 29.8 Å². The van der Waals surface area contributed by atoms with Gasteiger partial charge < -0.3 is 15.4 Å². The topological polar surface area (TPSA) is 50.4 Å². The van der Waals surface area contributed by atoms with Crippen molar-refractivity contribution in [3.63, 3.8) is 0 Å². The number of nitrogens with one attached hydrogen (secondary N) is 2. The lowest BCUT2D eigenvalue weighted by molar-refractivity contribution is -0.120. The molecule has 17 heavy (non-hydrogen) atoms. The molecule has 4 nitrogen and oxygen atoms in total. The molecule has 4 heteroatoms. The Labute approximate surface area is 100 Å². The second kappa shape index (κ2) is 3.82. The number of rotatable bonds is 2. The molecule has 90 valence electrons. The molecule has 0 radical (unpaired) electrons. The minimum atomic E-state index is -0.460. The van der Waals surface area contributed by atoms with Gasteiger partial charge in [0.15, 0.2) is 0 Å². The van der Waals surface area contributed by atoms with Crippen LogP contribution in [0.2, 0.25) is 0 Å². The van der Waals surface area contributed by atoms with Gasteiger partial charge in [-0.2, -0.15) is 0 Å². The summed E-state index contributed by atoms with van der Waals surface area (Å²) < 4.78 is 5.74. The number of hydrogen-bond acceptors (Lipinski definition) is 3. The van der Waals surface area contributed by atoms with E-state index in [4.69, 9.17) is 4.74 Å². The van der Waals surface area contributed by atoms with Crippen LogP contribution in [0.15, 0.2) is 24.3 Å². The number of carbonyl (C=O) groups excluding carboxylic acids is 1. The molecule has 2 aliphatic heterocycles. The zero-order valence-electron chi connectivity index (χ0n) is 9.82. The average molecular weight is 232 g/mol. The van der Waals surface area contributed by atoms with E-state index in [2.05, 4.69) is 10.6 Å². The van der Waals surface area contributed by atoms with Crippen LogP contribution >= 0.6 is 0 Å². The van der Waals surface area contributed by atoms with Crippen LogP contribution in [0.3, 0.4) is 0 Å². The predicted octanol–water partition coefficient (Wildman–Crippen LogP) is 0.885. The normalized spacial score (nSPS) is 30.6. The van der Waals surface area contributed by atoms with Crippen LogP contribution in [0.4, 0.5) is 5.69 Å². The lowest BCUT2D eigenvalue weighted by Crippen LogP contribution is -2.35. The smallest absolute Gasteiger partial charge is 0.237 e. The fourth-order valence-corrected chi connectivity index (χ4v) is 2.85. The van der Waals surface area contributed by atoms with Gasteiger partial charge in [-0.3, -0.25) is 4.79 Å². The van der Waals surface area contributed by atoms with Crippen LogP contribution in [0.1, 0.15) is 12.0 Å². The Morgan fingerprint density at radius 2 is 2.35 bits per heavy atom. The Balaban J connectivity index is 1.96. The highest BCUT2D eigenvalue weighted by Crippen LogP contribution is 2.44. The van der Waals surface area contributed by atoms with Crippen molar-refractivity contribution in [3.8, 4) is 0 Å². The van der Waals surface area contributed by atoms with Crippen LogP contribution in [0.25, 0.3) is 0 Å². The van der Waals surface area contributed by atoms with E-state index >= 15 is 0 Å². The molecule has 3 rings (SSSR count). The van der Waals surface area contributed by atoms with E-state index < -0.39 is 5.41 Å². The van der Waals surface area contributed by atoms with Crippen LogP contribution in [0.5, 0.6) is 0 Å². The number of likely N-dealkylation sites (N-methyl/N-ethyl adjacent to an activating group) is 1. The van der Waals surface area contributed by atoms with Gasteiger partial charge in [0.2, 0.25) is 5.91 Å². The van der Waals surface area contributed by atoms with Crippen LogP contribution < -0.4 is 10.6 Å². The van der Waals surface area contributed by atoms with Crippen molar-refractivity contribution in [2.45, 2.75) is 17.9 Å². The van der Waals surface area contributed by atoms with Gasteiger partial charge in [-0.1, -0.05) is 18.2 Å². The summed E-state index contributed by atoms with van der Waals surface area (Å²) in [5, 5.41) is 6.05. The van der Waals surface area contributed by atoms with Crippen LogP contribution in [-0.4, -0.2) is 32.2 Å². The molecule has 1 saturated heterocycles. The molecule has 2 atom stereocenters. The molecule has 2 unspecified atom stereocenters. The van der Waals surface area contributed by atoms with Gasteiger partial charge in [0, 0.05) is 12.2 Å². The van der Waals surface area contributed by atoms with Crippen molar-refractivity contribution < 1.29 is 9.53 Å². The fraction of sp³-hybridized carbons (Fsp3) is 0.462. The first-order valence-corrected chi connectivity index (χ1v) is 5.93. The van der Waals surface area contributed by atoms with Crippen LogP contribution in [0, 0.1) is 0 Å². The summed E-state index contributed by atoms with van der Waals surface area (Å²) in [6, 6.07) is 7.90. The highest BCUT2D eigenvalue weighted by atomic mass is 16.5. The molecule has 2 N–H and O–H groups in total. The first-order valence-electron chi connectivity index (χ1n) is 5.93. The third kappa shape index (κ3) is 1.48. The molecular formula is C13H16N2O2. The maximum Gasteiger partial charge on any atom is 0.237 e. The lowest BCUT2D eigenvalue weighted by atomic mass is 9.79. The van der Waals surface area contributed by atoms with Crippen molar-refractivity contribution in [2.75, 3.05) is 25.5 Å². The predicted molar refractivity (Wildman–Crippen MR) is 65.0 cm³/mol. The summed E-state index contributed by atoms with van der Waals surface area (Å²) in [6.07, 6.45) is 0.883. The highest BCUT2D eigenvalue weighted by Gasteiger charge is 2.52. The Kier molecular flexibility index (Phi) is 2.42. The largest absolute Gasteiger partial charge is 0.375 e. The number of para-hydroxylation sites is 1. The summed E-state index contributed by atoms with van der Waals surface area (Å²) in [5.74, 6) is 0.0808. The summed E-state index contributed by atoms with van der Waals surface area (Å²) in [7, 11) is 1.90. The SMILES string of the molecule is CNCC1CC2(CO1)C(=O)Nc1ccccc12. The Morgan fingerprint density at radius 1 is 1.53 bits per heavy atom. The maximum absolute atomic E-state index is 12.2. The van der Waals surface area contributed by atoms with Crippen molar-refractivity contribution in [1.29, 1.82) is 0 Å². The molecule has 1 aromatic rings. The summed E-state index contributed by atoms with van der Waals surface area (Å²) >= 11 is 0. The van der Waals surface area contributed by atoms with E-state index in [1.165, 1.54) is 0 Å². The third-order valence-corrected chi connectivity index (χ3v) is 3.70. The van der Waals surface area contributed by atoms with Gasteiger partial charge in [-0.05, 0) is 25.1 Å². The number of ether oxygens (including phenoxy) is 1. The molecule has 1 spiro atoms. The van der Waals surface area contributed by atoms with Gasteiger partial charge in [0.05, 0.1) is 12.7 Å². The zero-order chi connectivity index (χ0) is 11.9. The maximum atomic E-state index is 12.2. The van der Waals surface area contributed by atoms with Gasteiger partial charge in [-0.15, -0.1) is 0 Å². The standard InChI is InChI=1S/C13H16N2O2/c1-14-7-9-6-13(8-17-9)10-4-2-3-5-11(10)15-12(13)16/h2-5,9,14H,6-8H2,1H3,(H,15,16). The molecule has 0 aliphatic carbocycles. The molecule has 2 aliphatic rings. The molecule has 0 aromatic heterocycles. The lowest BCUT2D eigenvalue weighted by Gasteiger charge is -2.19. The molecule has 1 aromatic carbocycles. The van der Waals surface area contributed by atoms with E-state index in [0.717, 1.165) is 24.2 Å². The Hall–Kier alpha value is -1.39. The summed E-state index contributed by atoms with van der Waals surface area (Å²) in [4.78, 5) is 12.2. The second-order valence-electron chi connectivity index (χ2n) is 4.78. The van der Waals surface area contributed by atoms with Gasteiger partial charge in [-0.25, -0.2) is 0 Å². The van der Waals surface area contributed by atoms with Crippen molar-refractivity contribution >= 4 is 11.6 Å². The minimum Gasteiger partial charge on any atom is -0.375 e. The van der Waals surface area contributed by atoms with E-state index in [0.29, 0.717) is 6.61 Å². The quantitative estimate of drug-likeness (QED) is 0.796. The van der Waals surface area contributed by atoms with Gasteiger partial charge in [0.1, 0.15) is 5.41 Å². The van der Waals surface area contributed by atoms with Crippen molar-refractivity contribution in [2.24, 2.45) is 0 Å². The van der Waals surface area contributed by atoms with E-state index in [-0.39, 0.29) is 12.0 Å². The van der Waals surface area contributed by atoms with Crippen molar-refractivity contribution in [1.82, 2.24) is 5.32 Å². The highest BCUT2D eigenvalue weighted by molar-refractivity contribution is 6.06. The molecule has 0 saturated carbocycles. The number of amides is 1. The monoisotopic (exact) mass is 232 g/mol. The van der Waals surface area contributed by atoms with Gasteiger partial charge >= 0.3 is 0 Å². The number of hydrogen-bond donors (Lipinski definition) is 2. The van der Waals surface area contributed by atoms with Gasteiger partial charge in [0.25, 0.3) is 0 Å². The Morgan fingerprint density at radius 3 is 3.18 bits per heavy atom. The number of benzene rings is 1. The molecular weight excluding hydrogens is 216 g/mol. The number of fused-ring (bicyclic) bond motifs is 2. The number of anilines is 1. The summed E-state index contributed by atoms with van der Waals surface area (Å²) in [5.41, 5.74) is 1.56. The van der Waals surface area contributed by atoms with E-state index in [1.807, 2.05) is 31.3 Å². The first kappa shape index (κ1) is 10.7. The molecule has 1 fully saturated rings. The first-order chi connectivity index (χ1) is 8.26. The van der Waals surface area contributed by atoms with E-state index in [1.54, 1.807) is 0 Å². The Bertz CT molecular complexity index is 460. The zero-order valence-corrected chi connectivity index (χ0v) is 9.82. The second-order valence-corrected chi connectivity index (χ2v) is 4.78. The summed E-state index contributed by atoms with van der Waals surface area (Å²) in [6.45, 7) is 1.28. The number of carbonyl (C=O) groups is 1. The minimum absolute atomic E-state index is 0.0808. The molecule has 0 bridgehead atoms. The van der Waals surface area contributed by atoms with E-state index in [9.17, 15) is 4.79 Å². The average Bonchev–Trinajstić information content (AvgIpc) is 2.86. The van der Waals surface area contributed by atoms with Crippen LogP contribution in [-0.2, 0) is 14.9 Å². The third-order valence-electron chi connectivity index (χ3n) is 3.70. The molecule has 1 amide bonds. The molecule has 2 heterocycles. The fourth-order valence-electron chi connectivity index (χ4n) is 2.85.